The third kappa shape index (κ3) is 3.17. The highest BCUT2D eigenvalue weighted by atomic mass is 15.1. The first-order chi connectivity index (χ1) is 12.4. The zero-order valence-electron chi connectivity index (χ0n) is 16.3. The summed E-state index contributed by atoms with van der Waals surface area (Å²) in [5, 5.41) is 0. The molecule has 3 rings (SSSR count). The highest BCUT2D eigenvalue weighted by molar-refractivity contribution is 5.89. The summed E-state index contributed by atoms with van der Waals surface area (Å²) in [6.45, 7) is 15.1. The van der Waals surface area contributed by atoms with Gasteiger partial charge in [-0.15, -0.1) is 0 Å². The third-order valence-electron chi connectivity index (χ3n) is 5.24. The predicted molar refractivity (Wildman–Crippen MR) is 114 cm³/mol. The molecule has 1 heteroatoms. The van der Waals surface area contributed by atoms with Crippen LogP contribution in [-0.4, -0.2) is 7.05 Å². The van der Waals surface area contributed by atoms with Gasteiger partial charge in [0.15, 0.2) is 0 Å². The van der Waals surface area contributed by atoms with Crippen LogP contribution in [0.2, 0.25) is 0 Å². The molecule has 0 aliphatic carbocycles. The Kier molecular flexibility index (Phi) is 4.99. The molecule has 0 atom stereocenters. The van der Waals surface area contributed by atoms with Gasteiger partial charge in [0.25, 0.3) is 0 Å². The standard InChI is InChI=1S/C25H27N/c1-17(2)22-16-15-21-12-8-10-14-24(21)26(6)20(5)19(4)25(22)23-13-9-7-11-18(23)3/h7-14,16H,1,5,15H2,2-4,6H3/b22-16-,25-19+. The van der Waals surface area contributed by atoms with Crippen molar-refractivity contribution < 1.29 is 0 Å². The van der Waals surface area contributed by atoms with Gasteiger partial charge in [-0.3, -0.25) is 0 Å². The van der Waals surface area contributed by atoms with E-state index in [1.165, 1.54) is 39.1 Å². The first-order valence-electron chi connectivity index (χ1n) is 9.06. The monoisotopic (exact) mass is 341 g/mol. The Hall–Kier alpha value is -2.80. The van der Waals surface area contributed by atoms with Crippen LogP contribution in [0.25, 0.3) is 5.57 Å². The van der Waals surface area contributed by atoms with Crippen molar-refractivity contribution in [3.8, 4) is 0 Å². The number of aryl methyl sites for hydroxylation is 1. The molecule has 132 valence electrons. The Morgan fingerprint density at radius 2 is 1.65 bits per heavy atom. The number of para-hydroxylation sites is 1. The summed E-state index contributed by atoms with van der Waals surface area (Å²) in [6, 6.07) is 17.1. The fourth-order valence-corrected chi connectivity index (χ4v) is 3.66. The van der Waals surface area contributed by atoms with E-state index in [0.717, 1.165) is 17.7 Å². The van der Waals surface area contributed by atoms with Gasteiger partial charge in [-0.1, -0.05) is 67.3 Å². The number of fused-ring (bicyclic) bond motifs is 1. The Morgan fingerprint density at radius 1 is 1.00 bits per heavy atom. The van der Waals surface area contributed by atoms with Gasteiger partial charge in [0, 0.05) is 18.4 Å². The molecule has 0 radical (unpaired) electrons. The Labute approximate surface area is 157 Å². The molecule has 1 heterocycles. The van der Waals surface area contributed by atoms with Crippen LogP contribution in [0.5, 0.6) is 0 Å². The number of nitrogens with zero attached hydrogens (tertiary/aromatic N) is 1. The van der Waals surface area contributed by atoms with E-state index in [1.807, 2.05) is 0 Å². The number of anilines is 1. The van der Waals surface area contributed by atoms with E-state index < -0.39 is 0 Å². The van der Waals surface area contributed by atoms with Crippen molar-refractivity contribution in [3.63, 3.8) is 0 Å². The SMILES string of the molecule is C=C(C)C1=C/Cc2ccccc2N(C)C(=C)/C(C)=C\1c1ccccc1C. The lowest BCUT2D eigenvalue weighted by atomic mass is 9.86. The van der Waals surface area contributed by atoms with Gasteiger partial charge in [-0.25, -0.2) is 0 Å². The van der Waals surface area contributed by atoms with E-state index in [1.54, 1.807) is 0 Å². The van der Waals surface area contributed by atoms with E-state index in [4.69, 9.17) is 0 Å². The number of benzene rings is 2. The first kappa shape index (κ1) is 18.0. The molecule has 26 heavy (non-hydrogen) atoms. The molecule has 1 aliphatic heterocycles. The summed E-state index contributed by atoms with van der Waals surface area (Å²) in [6.07, 6.45) is 3.19. The molecular weight excluding hydrogens is 314 g/mol. The fraction of sp³-hybridized carbons (Fsp3) is 0.200. The van der Waals surface area contributed by atoms with Crippen molar-refractivity contribution in [2.75, 3.05) is 11.9 Å². The van der Waals surface area contributed by atoms with Gasteiger partial charge >= 0.3 is 0 Å². The predicted octanol–water partition coefficient (Wildman–Crippen LogP) is 6.48. The highest BCUT2D eigenvalue weighted by Crippen LogP contribution is 2.38. The van der Waals surface area contributed by atoms with Crippen LogP contribution in [-0.2, 0) is 6.42 Å². The Balaban J connectivity index is 2.32. The minimum absolute atomic E-state index is 0.874. The summed E-state index contributed by atoms with van der Waals surface area (Å²) in [5.74, 6) is 0. The van der Waals surface area contributed by atoms with Crippen molar-refractivity contribution in [1.29, 1.82) is 0 Å². The normalized spacial score (nSPS) is 19.8. The molecule has 0 spiro atoms. The smallest absolute Gasteiger partial charge is 0.0443 e. The Bertz CT molecular complexity index is 940. The van der Waals surface area contributed by atoms with E-state index in [-0.39, 0.29) is 0 Å². The maximum atomic E-state index is 4.43. The van der Waals surface area contributed by atoms with Crippen LogP contribution in [0.4, 0.5) is 5.69 Å². The van der Waals surface area contributed by atoms with Crippen LogP contribution >= 0.6 is 0 Å². The van der Waals surface area contributed by atoms with Crippen molar-refractivity contribution in [2.24, 2.45) is 0 Å². The lowest BCUT2D eigenvalue weighted by Crippen LogP contribution is -2.18. The van der Waals surface area contributed by atoms with Crippen molar-refractivity contribution in [3.05, 3.63) is 107 Å². The summed E-state index contributed by atoms with van der Waals surface area (Å²) < 4.78 is 0. The van der Waals surface area contributed by atoms with Crippen molar-refractivity contribution >= 4 is 11.3 Å². The van der Waals surface area contributed by atoms with E-state index >= 15 is 0 Å². The average Bonchev–Trinajstić information content (AvgIpc) is 2.67. The van der Waals surface area contributed by atoms with Gasteiger partial charge in [0.05, 0.1) is 0 Å². The van der Waals surface area contributed by atoms with Gasteiger partial charge in [-0.2, -0.15) is 0 Å². The molecule has 0 saturated heterocycles. The number of hydrogen-bond donors (Lipinski definition) is 0. The maximum Gasteiger partial charge on any atom is 0.0443 e. The first-order valence-corrected chi connectivity index (χ1v) is 9.06. The molecule has 1 nitrogen and oxygen atoms in total. The summed E-state index contributed by atoms with van der Waals surface area (Å²) in [5.41, 5.74) is 10.8. The van der Waals surface area contributed by atoms with Crippen LogP contribution in [0.15, 0.2) is 90.2 Å². The number of hydrogen-bond acceptors (Lipinski definition) is 1. The number of likely N-dealkylation sites (N-methyl/N-ethyl adjacent to an activating group) is 1. The number of rotatable bonds is 2. The van der Waals surface area contributed by atoms with Crippen LogP contribution < -0.4 is 4.90 Å². The molecule has 2 aromatic rings. The second kappa shape index (κ2) is 7.21. The molecule has 0 N–H and O–H groups in total. The average molecular weight is 341 g/mol. The Morgan fingerprint density at radius 3 is 2.35 bits per heavy atom. The van der Waals surface area contributed by atoms with E-state index in [9.17, 15) is 0 Å². The quantitative estimate of drug-likeness (QED) is 0.604. The topological polar surface area (TPSA) is 3.24 Å². The van der Waals surface area contributed by atoms with E-state index in [0.29, 0.717) is 0 Å². The second-order valence-corrected chi connectivity index (χ2v) is 7.05. The summed E-state index contributed by atoms with van der Waals surface area (Å²) in [4.78, 5) is 2.21. The molecule has 0 unspecified atom stereocenters. The molecule has 0 saturated carbocycles. The fourth-order valence-electron chi connectivity index (χ4n) is 3.66. The van der Waals surface area contributed by atoms with Crippen molar-refractivity contribution in [2.45, 2.75) is 27.2 Å². The lowest BCUT2D eigenvalue weighted by molar-refractivity contribution is 1.08. The van der Waals surface area contributed by atoms with Gasteiger partial charge < -0.3 is 4.90 Å². The highest BCUT2D eigenvalue weighted by Gasteiger charge is 2.20. The molecule has 0 amide bonds. The summed E-state index contributed by atoms with van der Waals surface area (Å²) >= 11 is 0. The lowest BCUT2D eigenvalue weighted by Gasteiger charge is -2.26. The zero-order valence-corrected chi connectivity index (χ0v) is 16.3. The van der Waals surface area contributed by atoms with Crippen molar-refractivity contribution in [1.82, 2.24) is 0 Å². The van der Waals surface area contributed by atoms with Crippen LogP contribution in [0.1, 0.15) is 30.5 Å². The second-order valence-electron chi connectivity index (χ2n) is 7.05. The molecule has 2 aromatic carbocycles. The van der Waals surface area contributed by atoms with Crippen LogP contribution in [0.3, 0.4) is 0 Å². The van der Waals surface area contributed by atoms with Gasteiger partial charge in [0.2, 0.25) is 0 Å². The van der Waals surface area contributed by atoms with Crippen LogP contribution in [0, 0.1) is 6.92 Å². The minimum atomic E-state index is 0.874. The number of allylic oxidation sites excluding steroid dienone is 5. The molecule has 0 aromatic heterocycles. The maximum absolute atomic E-state index is 4.43. The third-order valence-corrected chi connectivity index (χ3v) is 5.24. The van der Waals surface area contributed by atoms with E-state index in [2.05, 4.69) is 100 Å². The van der Waals surface area contributed by atoms with Gasteiger partial charge in [0.1, 0.15) is 0 Å². The molecular formula is C25H27N. The summed E-state index contributed by atoms with van der Waals surface area (Å²) in [7, 11) is 2.10. The zero-order chi connectivity index (χ0) is 18.8. The largest absolute Gasteiger partial charge is 0.345 e. The molecule has 0 fully saturated rings. The molecule has 0 bridgehead atoms. The minimum Gasteiger partial charge on any atom is -0.345 e. The molecule has 1 aliphatic rings. The van der Waals surface area contributed by atoms with Gasteiger partial charge in [-0.05, 0) is 66.7 Å².